The van der Waals surface area contributed by atoms with E-state index in [-0.39, 0.29) is 11.0 Å². The molecule has 5 heteroatoms. The van der Waals surface area contributed by atoms with Gasteiger partial charge in [0.1, 0.15) is 13.6 Å². The molecule has 1 aromatic carbocycles. The third-order valence-electron chi connectivity index (χ3n) is 5.09. The lowest BCUT2D eigenvalue weighted by Crippen LogP contribution is -2.41. The molecule has 0 N–H and O–H groups in total. The molecule has 0 saturated carbocycles. The molecule has 1 rings (SSSR count). The third-order valence-corrected chi connectivity index (χ3v) is 10.5. The summed E-state index contributed by atoms with van der Waals surface area (Å²) in [5.41, 5.74) is 5.72. The molecule has 0 bridgehead atoms. The van der Waals surface area contributed by atoms with Crippen LogP contribution in [0.1, 0.15) is 39.7 Å². The molecule has 29 heavy (non-hydrogen) atoms. The lowest BCUT2D eigenvalue weighted by atomic mass is 9.97. The van der Waals surface area contributed by atoms with Gasteiger partial charge in [-0.15, -0.1) is 5.54 Å². The fourth-order valence-electron chi connectivity index (χ4n) is 2.38. The molecule has 0 atom stereocenters. The van der Waals surface area contributed by atoms with Gasteiger partial charge in [0.05, 0.1) is 6.61 Å². The van der Waals surface area contributed by atoms with E-state index in [2.05, 4.69) is 65.0 Å². The maximum Gasteiger partial charge on any atom is 0.346 e. The smallest absolute Gasteiger partial charge is 0.346 e. The maximum atomic E-state index is 12.8. The number of esters is 1. The summed E-state index contributed by atoms with van der Waals surface area (Å²) >= 11 is 0. The van der Waals surface area contributed by atoms with Crippen LogP contribution in [0, 0.1) is 11.5 Å². The van der Waals surface area contributed by atoms with Gasteiger partial charge in [-0.3, -0.25) is 0 Å². The van der Waals surface area contributed by atoms with Crippen LogP contribution in [0.2, 0.25) is 37.8 Å². The number of carbonyl (C=O) groups excluding carboxylic acids is 1. The second-order valence-corrected chi connectivity index (χ2v) is 19.4. The van der Waals surface area contributed by atoms with Crippen molar-refractivity contribution in [1.82, 2.24) is 0 Å². The van der Waals surface area contributed by atoms with Crippen LogP contribution in [0.15, 0.2) is 35.9 Å². The predicted molar refractivity (Wildman–Crippen MR) is 129 cm³/mol. The fraction of sp³-hybridized carbons (Fsp3) is 0.542. The van der Waals surface area contributed by atoms with Crippen LogP contribution in [0.3, 0.4) is 0 Å². The lowest BCUT2D eigenvalue weighted by molar-refractivity contribution is -0.137. The van der Waals surface area contributed by atoms with Crippen LogP contribution in [0.4, 0.5) is 0 Å². The average molecular weight is 431 g/mol. The Morgan fingerprint density at radius 1 is 1.03 bits per heavy atom. The quantitative estimate of drug-likeness (QED) is 0.220. The van der Waals surface area contributed by atoms with Gasteiger partial charge in [0, 0.05) is 6.61 Å². The normalized spacial score (nSPS) is 13.3. The minimum Gasteiger partial charge on any atom is -0.462 e. The van der Waals surface area contributed by atoms with E-state index in [9.17, 15) is 4.79 Å². The summed E-state index contributed by atoms with van der Waals surface area (Å²) in [6, 6.07) is 10.00. The molecule has 1 aromatic rings. The van der Waals surface area contributed by atoms with E-state index in [1.807, 2.05) is 37.3 Å². The van der Waals surface area contributed by atoms with Gasteiger partial charge in [0.15, 0.2) is 8.32 Å². The number of benzene rings is 1. The van der Waals surface area contributed by atoms with Crippen molar-refractivity contribution in [3.63, 3.8) is 0 Å². The molecule has 0 unspecified atom stereocenters. The lowest BCUT2D eigenvalue weighted by Gasteiger charge is -2.36. The van der Waals surface area contributed by atoms with Crippen molar-refractivity contribution in [3.05, 3.63) is 41.5 Å². The molecular weight excluding hydrogens is 392 g/mol. The van der Waals surface area contributed by atoms with E-state index in [1.165, 1.54) is 0 Å². The zero-order valence-electron chi connectivity index (χ0n) is 19.7. The summed E-state index contributed by atoms with van der Waals surface area (Å²) in [5.74, 6) is 2.85. The van der Waals surface area contributed by atoms with E-state index in [1.54, 1.807) is 0 Å². The van der Waals surface area contributed by atoms with Crippen molar-refractivity contribution in [1.29, 1.82) is 0 Å². The minimum atomic E-state index is -1.87. The average Bonchev–Trinajstić information content (AvgIpc) is 2.59. The number of carbonyl (C=O) groups is 1. The highest BCUT2D eigenvalue weighted by Crippen LogP contribution is 2.37. The maximum absolute atomic E-state index is 12.8. The molecule has 0 aliphatic rings. The van der Waals surface area contributed by atoms with Crippen molar-refractivity contribution < 1.29 is 14.0 Å². The second kappa shape index (κ2) is 10.4. The third kappa shape index (κ3) is 8.33. The highest BCUT2D eigenvalue weighted by Gasteiger charge is 2.37. The monoisotopic (exact) mass is 430 g/mol. The molecule has 0 amide bonds. The molecule has 160 valence electrons. The molecule has 0 fully saturated rings. The fourth-order valence-corrected chi connectivity index (χ4v) is 3.93. The van der Waals surface area contributed by atoms with E-state index in [0.717, 1.165) is 11.1 Å². The topological polar surface area (TPSA) is 35.5 Å². The molecule has 0 saturated heterocycles. The van der Waals surface area contributed by atoms with Gasteiger partial charge < -0.3 is 9.16 Å². The standard InChI is InChI=1S/C24H38O3Si2/c1-10-26-23(25)22(17-19-28(5,6)7)21(20-14-12-11-13-15-20)16-18-27-29(8,9)24(2,3)4/h11-15H,10,16,18H2,1-9H3/b22-21-. The van der Waals surface area contributed by atoms with E-state index in [4.69, 9.17) is 9.16 Å². The van der Waals surface area contributed by atoms with Crippen LogP contribution in [-0.4, -0.2) is 35.6 Å². The van der Waals surface area contributed by atoms with Gasteiger partial charge in [-0.05, 0) is 42.6 Å². The first-order valence-electron chi connectivity index (χ1n) is 10.4. The number of rotatable bonds is 7. The van der Waals surface area contributed by atoms with Gasteiger partial charge in [-0.25, -0.2) is 4.79 Å². The first-order chi connectivity index (χ1) is 13.3. The number of hydrogen-bond acceptors (Lipinski definition) is 3. The first kappa shape index (κ1) is 25.4. The summed E-state index contributed by atoms with van der Waals surface area (Å²) in [7, 11) is -3.52. The molecule has 0 radical (unpaired) electrons. The second-order valence-electron chi connectivity index (χ2n) is 9.80. The Balaban J connectivity index is 3.38. The summed E-state index contributed by atoms with van der Waals surface area (Å²) in [4.78, 5) is 12.8. The van der Waals surface area contributed by atoms with E-state index >= 15 is 0 Å². The zero-order valence-corrected chi connectivity index (χ0v) is 21.7. The Labute approximate surface area is 180 Å². The van der Waals surface area contributed by atoms with E-state index < -0.39 is 16.4 Å². The molecule has 0 heterocycles. The molecule has 0 aliphatic heterocycles. The highest BCUT2D eigenvalue weighted by molar-refractivity contribution is 6.84. The minimum absolute atomic E-state index is 0.144. The van der Waals surface area contributed by atoms with E-state index in [0.29, 0.717) is 25.2 Å². The van der Waals surface area contributed by atoms with Crippen LogP contribution in [-0.2, 0) is 14.0 Å². The van der Waals surface area contributed by atoms with Gasteiger partial charge >= 0.3 is 5.97 Å². The molecule has 3 nitrogen and oxygen atoms in total. The highest BCUT2D eigenvalue weighted by atomic mass is 28.4. The first-order valence-corrected chi connectivity index (χ1v) is 16.8. The predicted octanol–water partition coefficient (Wildman–Crippen LogP) is 6.30. The summed E-state index contributed by atoms with van der Waals surface area (Å²) in [6.45, 7) is 20.4. The van der Waals surface area contributed by atoms with Gasteiger partial charge in [0.2, 0.25) is 0 Å². The van der Waals surface area contributed by atoms with Crippen LogP contribution in [0.5, 0.6) is 0 Å². The van der Waals surface area contributed by atoms with Gasteiger partial charge in [-0.2, -0.15) is 0 Å². The number of hydrogen-bond donors (Lipinski definition) is 0. The Hall–Kier alpha value is -1.62. The number of ether oxygens (including phenoxy) is 1. The molecule has 0 spiro atoms. The van der Waals surface area contributed by atoms with Gasteiger partial charge in [-0.1, -0.05) is 76.7 Å². The largest absolute Gasteiger partial charge is 0.462 e. The van der Waals surface area contributed by atoms with Crippen molar-refractivity contribution in [2.24, 2.45) is 0 Å². The Morgan fingerprint density at radius 3 is 2.10 bits per heavy atom. The summed E-state index contributed by atoms with van der Waals surface area (Å²) in [5, 5.41) is 0.144. The van der Waals surface area contributed by atoms with Crippen LogP contribution < -0.4 is 0 Å². The van der Waals surface area contributed by atoms with Crippen LogP contribution in [0.25, 0.3) is 5.57 Å². The van der Waals surface area contributed by atoms with Crippen molar-refractivity contribution >= 4 is 27.9 Å². The SMILES string of the molecule is CCOC(=O)/C(C#C[Si](C)(C)C)=C(/CCO[Si](C)(C)C(C)(C)C)c1ccccc1. The zero-order chi connectivity index (χ0) is 22.3. The Morgan fingerprint density at radius 2 is 1.62 bits per heavy atom. The summed E-state index contributed by atoms with van der Waals surface area (Å²) in [6.07, 6.45) is 0.630. The molecule has 0 aromatic heterocycles. The Bertz CT molecular complexity index is 770. The Kier molecular flexibility index (Phi) is 9.14. The molecular formula is C24H38O3Si2. The van der Waals surface area contributed by atoms with Gasteiger partial charge in [0.25, 0.3) is 0 Å². The van der Waals surface area contributed by atoms with Crippen LogP contribution >= 0.6 is 0 Å². The van der Waals surface area contributed by atoms with Crippen molar-refractivity contribution in [2.75, 3.05) is 13.2 Å². The summed E-state index contributed by atoms with van der Waals surface area (Å²) < 4.78 is 11.8. The molecule has 0 aliphatic carbocycles. The van der Waals surface area contributed by atoms with Crippen molar-refractivity contribution in [3.8, 4) is 11.5 Å². The van der Waals surface area contributed by atoms with Crippen molar-refractivity contribution in [2.45, 2.75) is 71.9 Å².